The third-order valence-electron chi connectivity index (χ3n) is 3.41. The van der Waals surface area contributed by atoms with E-state index in [1.807, 2.05) is 18.2 Å². The monoisotopic (exact) mass is 247 g/mol. The molecule has 0 unspecified atom stereocenters. The molecule has 0 atom stereocenters. The van der Waals surface area contributed by atoms with Gasteiger partial charge in [0.2, 0.25) is 0 Å². The summed E-state index contributed by atoms with van der Waals surface area (Å²) in [7, 11) is 0. The van der Waals surface area contributed by atoms with Crippen LogP contribution in [-0.2, 0) is 6.42 Å². The molecular weight excluding hydrogens is 230 g/mol. The minimum atomic E-state index is 0.0876. The van der Waals surface area contributed by atoms with E-state index in [0.29, 0.717) is 0 Å². The fourth-order valence-corrected chi connectivity index (χ4v) is 2.75. The summed E-state index contributed by atoms with van der Waals surface area (Å²) in [5.41, 5.74) is 2.59. The maximum Gasteiger partial charge on any atom is 0.0445 e. The normalized spacial score (nSPS) is 16.8. The van der Waals surface area contributed by atoms with E-state index < -0.39 is 0 Å². The van der Waals surface area contributed by atoms with Crippen LogP contribution in [0, 0.1) is 0 Å². The zero-order chi connectivity index (χ0) is 12.3. The van der Waals surface area contributed by atoms with E-state index in [1.54, 1.807) is 0 Å². The van der Waals surface area contributed by atoms with Crippen molar-refractivity contribution < 1.29 is 0 Å². The van der Waals surface area contributed by atoms with Gasteiger partial charge in [-0.05, 0) is 49.4 Å². The average molecular weight is 248 g/mol. The highest BCUT2D eigenvalue weighted by atomic mass is 35.5. The first-order chi connectivity index (χ1) is 8.19. The van der Waals surface area contributed by atoms with Crippen LogP contribution >= 0.6 is 11.6 Å². The third kappa shape index (κ3) is 2.55. The fraction of sp³-hybridized carbons (Fsp3) is 0.333. The Hall–Kier alpha value is -1.21. The summed E-state index contributed by atoms with van der Waals surface area (Å²) in [6, 6.07) is 6.05. The molecule has 1 aromatic carbocycles. The van der Waals surface area contributed by atoms with Gasteiger partial charge in [-0.3, -0.25) is 0 Å². The van der Waals surface area contributed by atoms with Gasteiger partial charge in [-0.1, -0.05) is 23.8 Å². The van der Waals surface area contributed by atoms with Crippen LogP contribution < -0.4 is 5.32 Å². The highest BCUT2D eigenvalue weighted by Crippen LogP contribution is 2.36. The number of rotatable bonds is 4. The predicted octanol–water partition coefficient (Wildman–Crippen LogP) is 4.59. The third-order valence-corrected chi connectivity index (χ3v) is 3.65. The van der Waals surface area contributed by atoms with E-state index in [1.165, 1.54) is 11.3 Å². The quantitative estimate of drug-likeness (QED) is 0.768. The van der Waals surface area contributed by atoms with Gasteiger partial charge in [0.1, 0.15) is 0 Å². The lowest BCUT2D eigenvalue weighted by Gasteiger charge is -2.39. The lowest BCUT2D eigenvalue weighted by atomic mass is 9.81. The topological polar surface area (TPSA) is 12.0 Å². The summed E-state index contributed by atoms with van der Waals surface area (Å²) < 4.78 is 0. The Kier molecular flexibility index (Phi) is 3.58. The van der Waals surface area contributed by atoms with Crippen LogP contribution in [0.25, 0.3) is 0 Å². The number of benzene rings is 1. The SMILES string of the molecule is C=CCC1(CC=C)CCc2cc(Cl)ccc2N1. The van der Waals surface area contributed by atoms with Crippen LogP contribution in [0.2, 0.25) is 5.02 Å². The first kappa shape index (κ1) is 12.3. The maximum absolute atomic E-state index is 6.01. The number of hydrogen-bond acceptors (Lipinski definition) is 1. The van der Waals surface area contributed by atoms with E-state index in [4.69, 9.17) is 11.6 Å². The summed E-state index contributed by atoms with van der Waals surface area (Å²) in [4.78, 5) is 0. The molecule has 0 fully saturated rings. The number of nitrogens with one attached hydrogen (secondary N) is 1. The Labute approximate surface area is 108 Å². The molecule has 1 aromatic rings. The van der Waals surface area contributed by atoms with Gasteiger partial charge in [0.25, 0.3) is 0 Å². The second-order valence-electron chi connectivity index (χ2n) is 4.69. The molecule has 1 aliphatic rings. The van der Waals surface area contributed by atoms with Crippen LogP contribution in [0.1, 0.15) is 24.8 Å². The summed E-state index contributed by atoms with van der Waals surface area (Å²) in [5, 5.41) is 4.45. The second-order valence-corrected chi connectivity index (χ2v) is 5.13. The van der Waals surface area contributed by atoms with Crippen LogP contribution in [0.3, 0.4) is 0 Å². The Morgan fingerprint density at radius 3 is 2.65 bits per heavy atom. The van der Waals surface area contributed by atoms with Crippen LogP contribution in [-0.4, -0.2) is 5.54 Å². The van der Waals surface area contributed by atoms with E-state index in [2.05, 4.69) is 30.6 Å². The molecule has 0 radical (unpaired) electrons. The summed E-state index contributed by atoms with van der Waals surface area (Å²) in [5.74, 6) is 0. The van der Waals surface area contributed by atoms with E-state index in [0.717, 1.165) is 30.7 Å². The molecule has 90 valence electrons. The summed E-state index contributed by atoms with van der Waals surface area (Å²) in [6.07, 6.45) is 8.04. The van der Waals surface area contributed by atoms with Gasteiger partial charge in [0, 0.05) is 16.2 Å². The molecule has 0 spiro atoms. The minimum Gasteiger partial charge on any atom is -0.379 e. The molecule has 2 heteroatoms. The van der Waals surface area contributed by atoms with Gasteiger partial charge in [-0.25, -0.2) is 0 Å². The fourth-order valence-electron chi connectivity index (χ4n) is 2.56. The molecule has 0 aromatic heterocycles. The van der Waals surface area contributed by atoms with Crippen LogP contribution in [0.4, 0.5) is 5.69 Å². The first-order valence-corrected chi connectivity index (χ1v) is 6.35. The highest BCUT2D eigenvalue weighted by Gasteiger charge is 2.31. The summed E-state index contributed by atoms with van der Waals surface area (Å²) in [6.45, 7) is 7.71. The molecule has 1 heterocycles. The van der Waals surface area contributed by atoms with Gasteiger partial charge >= 0.3 is 0 Å². The maximum atomic E-state index is 6.01. The van der Waals surface area contributed by atoms with Crippen molar-refractivity contribution in [2.75, 3.05) is 5.32 Å². The molecule has 1 N–H and O–H groups in total. The molecule has 0 aliphatic carbocycles. The zero-order valence-corrected chi connectivity index (χ0v) is 10.8. The molecule has 1 nitrogen and oxygen atoms in total. The average Bonchev–Trinajstić information content (AvgIpc) is 2.30. The van der Waals surface area contributed by atoms with Crippen molar-refractivity contribution in [3.8, 4) is 0 Å². The number of hydrogen-bond donors (Lipinski definition) is 1. The molecule has 0 saturated heterocycles. The van der Waals surface area contributed by atoms with Gasteiger partial charge in [0.15, 0.2) is 0 Å². The van der Waals surface area contributed by atoms with Crippen molar-refractivity contribution in [3.63, 3.8) is 0 Å². The van der Waals surface area contributed by atoms with Gasteiger partial charge < -0.3 is 5.32 Å². The van der Waals surface area contributed by atoms with Crippen molar-refractivity contribution in [1.29, 1.82) is 0 Å². The Balaban J connectivity index is 2.28. The molecule has 17 heavy (non-hydrogen) atoms. The van der Waals surface area contributed by atoms with Gasteiger partial charge in [-0.15, -0.1) is 13.2 Å². The van der Waals surface area contributed by atoms with Crippen molar-refractivity contribution in [2.24, 2.45) is 0 Å². The predicted molar refractivity (Wildman–Crippen MR) is 75.8 cm³/mol. The number of halogens is 1. The lowest BCUT2D eigenvalue weighted by Crippen LogP contribution is -2.40. The Morgan fingerprint density at radius 1 is 1.29 bits per heavy atom. The van der Waals surface area contributed by atoms with Crippen molar-refractivity contribution >= 4 is 17.3 Å². The second kappa shape index (κ2) is 4.97. The first-order valence-electron chi connectivity index (χ1n) is 5.97. The number of anilines is 1. The molecular formula is C15H18ClN. The van der Waals surface area contributed by atoms with E-state index in [-0.39, 0.29) is 5.54 Å². The van der Waals surface area contributed by atoms with E-state index >= 15 is 0 Å². The van der Waals surface area contributed by atoms with Crippen molar-refractivity contribution in [3.05, 3.63) is 54.1 Å². The smallest absolute Gasteiger partial charge is 0.0445 e. The standard InChI is InChI=1S/C15H18ClN/c1-3-8-15(9-4-2)10-7-12-11-13(16)5-6-14(12)17-15/h3-6,11,17H,1-2,7-10H2. The number of aryl methyl sites for hydroxylation is 1. The highest BCUT2D eigenvalue weighted by molar-refractivity contribution is 6.30. The Morgan fingerprint density at radius 2 is 2.00 bits per heavy atom. The van der Waals surface area contributed by atoms with Gasteiger partial charge in [0.05, 0.1) is 0 Å². The minimum absolute atomic E-state index is 0.0876. The van der Waals surface area contributed by atoms with Crippen molar-refractivity contribution in [2.45, 2.75) is 31.2 Å². The number of fused-ring (bicyclic) bond motifs is 1. The molecule has 1 aliphatic heterocycles. The Bertz CT molecular complexity index is 427. The molecule has 0 amide bonds. The van der Waals surface area contributed by atoms with Crippen LogP contribution in [0.5, 0.6) is 0 Å². The molecule has 0 bridgehead atoms. The van der Waals surface area contributed by atoms with Gasteiger partial charge in [-0.2, -0.15) is 0 Å². The largest absolute Gasteiger partial charge is 0.379 e. The van der Waals surface area contributed by atoms with E-state index in [9.17, 15) is 0 Å². The zero-order valence-electron chi connectivity index (χ0n) is 10.0. The van der Waals surface area contributed by atoms with Crippen LogP contribution in [0.15, 0.2) is 43.5 Å². The van der Waals surface area contributed by atoms with Crippen molar-refractivity contribution in [1.82, 2.24) is 0 Å². The molecule has 2 rings (SSSR count). The summed E-state index contributed by atoms with van der Waals surface area (Å²) >= 11 is 6.01. The molecule has 0 saturated carbocycles. The lowest BCUT2D eigenvalue weighted by molar-refractivity contribution is 0.427.